The molecule has 1 amide bonds. The molecule has 0 unspecified atom stereocenters. The minimum atomic E-state index is -0.514. The molecule has 1 aromatic carbocycles. The van der Waals surface area contributed by atoms with Gasteiger partial charge in [-0.3, -0.25) is 9.48 Å². The van der Waals surface area contributed by atoms with Gasteiger partial charge in [-0.05, 0) is 31.4 Å². The van der Waals surface area contributed by atoms with Crippen LogP contribution in [0.25, 0.3) is 0 Å². The van der Waals surface area contributed by atoms with Crippen LogP contribution in [0, 0.1) is 0 Å². The SMILES string of the molecule is CCO[C@H](C(=O)N1CCC[C@@H]1Cn1cccn1)c1ccccc1. The average molecular weight is 313 g/mol. The normalized spacial score (nSPS) is 19.0. The minimum absolute atomic E-state index is 0.0627. The van der Waals surface area contributed by atoms with Crippen LogP contribution in [0.3, 0.4) is 0 Å². The highest BCUT2D eigenvalue weighted by atomic mass is 16.5. The molecule has 1 saturated heterocycles. The number of hydrogen-bond donors (Lipinski definition) is 0. The van der Waals surface area contributed by atoms with E-state index in [0.29, 0.717) is 6.61 Å². The van der Waals surface area contributed by atoms with E-state index in [4.69, 9.17) is 4.74 Å². The summed E-state index contributed by atoms with van der Waals surface area (Å²) >= 11 is 0. The second-order valence-electron chi connectivity index (χ2n) is 5.80. The van der Waals surface area contributed by atoms with E-state index in [9.17, 15) is 4.79 Å². The molecule has 0 aliphatic carbocycles. The average Bonchev–Trinajstić information content (AvgIpc) is 3.25. The zero-order valence-electron chi connectivity index (χ0n) is 13.5. The van der Waals surface area contributed by atoms with Gasteiger partial charge in [0.25, 0.3) is 5.91 Å². The van der Waals surface area contributed by atoms with Gasteiger partial charge in [-0.1, -0.05) is 30.3 Å². The van der Waals surface area contributed by atoms with Gasteiger partial charge in [0.15, 0.2) is 6.10 Å². The van der Waals surface area contributed by atoms with Crippen LogP contribution >= 0.6 is 0 Å². The summed E-state index contributed by atoms with van der Waals surface area (Å²) in [7, 11) is 0. The van der Waals surface area contributed by atoms with Gasteiger partial charge in [0.2, 0.25) is 0 Å². The lowest BCUT2D eigenvalue weighted by atomic mass is 10.1. The van der Waals surface area contributed by atoms with E-state index >= 15 is 0 Å². The van der Waals surface area contributed by atoms with Crippen LogP contribution in [0.1, 0.15) is 31.4 Å². The molecule has 5 heteroatoms. The summed E-state index contributed by atoms with van der Waals surface area (Å²) in [5, 5.41) is 4.26. The third-order valence-electron chi connectivity index (χ3n) is 4.28. The summed E-state index contributed by atoms with van der Waals surface area (Å²) in [5.41, 5.74) is 0.920. The smallest absolute Gasteiger partial charge is 0.256 e. The monoisotopic (exact) mass is 313 g/mol. The number of nitrogens with zero attached hydrogens (tertiary/aromatic N) is 3. The Hall–Kier alpha value is -2.14. The Kier molecular flexibility index (Phi) is 5.08. The molecule has 1 aromatic heterocycles. The van der Waals surface area contributed by atoms with Crippen LogP contribution in [0.15, 0.2) is 48.8 Å². The Balaban J connectivity index is 1.76. The number of amides is 1. The number of rotatable bonds is 6. The molecule has 3 rings (SSSR count). The van der Waals surface area contributed by atoms with Crippen LogP contribution < -0.4 is 0 Å². The Labute approximate surface area is 136 Å². The fraction of sp³-hybridized carbons (Fsp3) is 0.444. The Morgan fingerprint density at radius 3 is 2.87 bits per heavy atom. The van der Waals surface area contributed by atoms with Gasteiger partial charge in [-0.25, -0.2) is 0 Å². The maximum Gasteiger partial charge on any atom is 0.256 e. The van der Waals surface area contributed by atoms with Crippen LogP contribution in [0.5, 0.6) is 0 Å². The highest BCUT2D eigenvalue weighted by molar-refractivity contribution is 5.83. The van der Waals surface area contributed by atoms with Crippen molar-refractivity contribution < 1.29 is 9.53 Å². The maximum atomic E-state index is 13.0. The number of carbonyl (C=O) groups is 1. The lowest BCUT2D eigenvalue weighted by Crippen LogP contribution is -2.41. The topological polar surface area (TPSA) is 47.4 Å². The summed E-state index contributed by atoms with van der Waals surface area (Å²) in [4.78, 5) is 15.0. The molecule has 23 heavy (non-hydrogen) atoms. The Bertz CT molecular complexity index is 612. The molecule has 2 heterocycles. The molecule has 0 radical (unpaired) electrons. The maximum absolute atomic E-state index is 13.0. The third kappa shape index (κ3) is 3.62. The van der Waals surface area contributed by atoms with Crippen molar-refractivity contribution in [1.29, 1.82) is 0 Å². The molecule has 0 spiro atoms. The zero-order valence-corrected chi connectivity index (χ0v) is 13.5. The molecule has 0 N–H and O–H groups in total. The first-order valence-electron chi connectivity index (χ1n) is 8.24. The van der Waals surface area contributed by atoms with Gasteiger partial charge in [0, 0.05) is 25.5 Å². The number of likely N-dealkylation sites (tertiary alicyclic amines) is 1. The highest BCUT2D eigenvalue weighted by Gasteiger charge is 2.34. The molecule has 2 atom stereocenters. The summed E-state index contributed by atoms with van der Waals surface area (Å²) in [6.07, 6.45) is 5.25. The van der Waals surface area contributed by atoms with Crippen molar-refractivity contribution in [2.75, 3.05) is 13.2 Å². The fourth-order valence-electron chi connectivity index (χ4n) is 3.20. The molecule has 0 bridgehead atoms. The number of aromatic nitrogens is 2. The van der Waals surface area contributed by atoms with Gasteiger partial charge in [-0.2, -0.15) is 5.10 Å². The number of hydrogen-bond acceptors (Lipinski definition) is 3. The largest absolute Gasteiger partial charge is 0.364 e. The summed E-state index contributed by atoms with van der Waals surface area (Å²) in [6, 6.07) is 11.9. The second-order valence-corrected chi connectivity index (χ2v) is 5.80. The van der Waals surface area contributed by atoms with Gasteiger partial charge in [0.05, 0.1) is 12.6 Å². The van der Waals surface area contributed by atoms with E-state index < -0.39 is 6.10 Å². The lowest BCUT2D eigenvalue weighted by Gasteiger charge is -2.29. The van der Waals surface area contributed by atoms with E-state index in [-0.39, 0.29) is 11.9 Å². The van der Waals surface area contributed by atoms with Crippen LogP contribution in [-0.2, 0) is 16.1 Å². The van der Waals surface area contributed by atoms with Gasteiger partial charge < -0.3 is 9.64 Å². The predicted octanol–water partition coefficient (Wildman–Crippen LogP) is 2.65. The molecule has 1 aliphatic rings. The van der Waals surface area contributed by atoms with Crippen molar-refractivity contribution in [3.8, 4) is 0 Å². The van der Waals surface area contributed by atoms with Crippen molar-refractivity contribution in [1.82, 2.24) is 14.7 Å². The Morgan fingerprint density at radius 2 is 2.17 bits per heavy atom. The summed E-state index contributed by atoms with van der Waals surface area (Å²) < 4.78 is 7.67. The number of ether oxygens (including phenoxy) is 1. The third-order valence-corrected chi connectivity index (χ3v) is 4.28. The van der Waals surface area contributed by atoms with E-state index in [2.05, 4.69) is 5.10 Å². The minimum Gasteiger partial charge on any atom is -0.364 e. The number of benzene rings is 1. The molecule has 1 fully saturated rings. The first-order chi connectivity index (χ1) is 11.3. The van der Waals surface area contributed by atoms with E-state index in [0.717, 1.165) is 31.5 Å². The van der Waals surface area contributed by atoms with Crippen LogP contribution in [0.2, 0.25) is 0 Å². The lowest BCUT2D eigenvalue weighted by molar-refractivity contribution is -0.145. The van der Waals surface area contributed by atoms with Crippen molar-refractivity contribution in [3.05, 3.63) is 54.4 Å². The molecule has 122 valence electrons. The molecule has 1 aliphatic heterocycles. The predicted molar refractivity (Wildman–Crippen MR) is 87.8 cm³/mol. The van der Waals surface area contributed by atoms with E-state index in [1.807, 2.05) is 59.1 Å². The standard InChI is InChI=1S/C18H23N3O2/c1-2-23-17(15-8-4-3-5-9-15)18(22)21-13-6-10-16(21)14-20-12-7-11-19-20/h3-5,7-9,11-12,16-17H,2,6,10,13-14H2,1H3/t16-,17+/m1/s1. The van der Waals surface area contributed by atoms with Crippen molar-refractivity contribution in [3.63, 3.8) is 0 Å². The molecule has 5 nitrogen and oxygen atoms in total. The molecular weight excluding hydrogens is 290 g/mol. The van der Waals surface area contributed by atoms with E-state index in [1.54, 1.807) is 6.20 Å². The van der Waals surface area contributed by atoms with Gasteiger partial charge >= 0.3 is 0 Å². The van der Waals surface area contributed by atoms with Crippen molar-refractivity contribution in [2.24, 2.45) is 0 Å². The molecule has 2 aromatic rings. The first kappa shape index (κ1) is 15.7. The fourth-order valence-corrected chi connectivity index (χ4v) is 3.20. The summed E-state index contributed by atoms with van der Waals surface area (Å²) in [6.45, 7) is 3.98. The first-order valence-corrected chi connectivity index (χ1v) is 8.24. The van der Waals surface area contributed by atoms with Gasteiger partial charge in [0.1, 0.15) is 0 Å². The van der Waals surface area contributed by atoms with Crippen molar-refractivity contribution >= 4 is 5.91 Å². The molecule has 0 saturated carbocycles. The highest BCUT2D eigenvalue weighted by Crippen LogP contribution is 2.26. The number of carbonyl (C=O) groups excluding carboxylic acids is 1. The van der Waals surface area contributed by atoms with Gasteiger partial charge in [-0.15, -0.1) is 0 Å². The van der Waals surface area contributed by atoms with Crippen LogP contribution in [-0.4, -0.2) is 39.8 Å². The molecular formula is C18H23N3O2. The summed E-state index contributed by atoms with van der Waals surface area (Å²) in [5.74, 6) is 0.0627. The zero-order chi connectivity index (χ0) is 16.1. The second kappa shape index (κ2) is 7.42. The van der Waals surface area contributed by atoms with Crippen molar-refractivity contribution in [2.45, 2.75) is 38.5 Å². The van der Waals surface area contributed by atoms with E-state index in [1.165, 1.54) is 0 Å². The quantitative estimate of drug-likeness (QED) is 0.824. The van der Waals surface area contributed by atoms with Crippen LogP contribution in [0.4, 0.5) is 0 Å². The Morgan fingerprint density at radius 1 is 1.35 bits per heavy atom.